The van der Waals surface area contributed by atoms with Gasteiger partial charge < -0.3 is 15.4 Å². The van der Waals surface area contributed by atoms with Crippen LogP contribution in [0.1, 0.15) is 13.3 Å². The quantitative estimate of drug-likeness (QED) is 0.650. The smallest absolute Gasteiger partial charge is 0.306 e. The van der Waals surface area contributed by atoms with Gasteiger partial charge in [0, 0.05) is 18.9 Å². The topological polar surface area (TPSA) is 95.1 Å². The predicted octanol–water partition coefficient (Wildman–Crippen LogP) is 0.293. The zero-order valence-corrected chi connectivity index (χ0v) is 8.36. The maximum Gasteiger partial charge on any atom is 0.306 e. The van der Waals surface area contributed by atoms with E-state index in [-0.39, 0.29) is 11.4 Å². The molecule has 0 spiro atoms. The maximum atomic E-state index is 11.1. The number of aromatic nitrogens is 2. The molecule has 0 saturated carbocycles. The minimum absolute atomic E-state index is 0.218. The summed E-state index contributed by atoms with van der Waals surface area (Å²) in [6, 6.07) is 0. The van der Waals surface area contributed by atoms with E-state index in [4.69, 9.17) is 5.11 Å². The van der Waals surface area contributed by atoms with Crippen LogP contribution in [-0.2, 0) is 4.79 Å². The van der Waals surface area contributed by atoms with E-state index < -0.39 is 11.9 Å². The van der Waals surface area contributed by atoms with Crippen molar-refractivity contribution in [2.45, 2.75) is 13.3 Å². The highest BCUT2D eigenvalue weighted by atomic mass is 16.4. The van der Waals surface area contributed by atoms with Gasteiger partial charge in [-0.3, -0.25) is 9.59 Å². The number of hydrogen-bond donors (Lipinski definition) is 3. The van der Waals surface area contributed by atoms with E-state index in [0.29, 0.717) is 13.0 Å². The van der Waals surface area contributed by atoms with Crippen molar-refractivity contribution in [2.24, 2.45) is 5.92 Å². The van der Waals surface area contributed by atoms with Gasteiger partial charge in [-0.2, -0.15) is 0 Å². The highest BCUT2D eigenvalue weighted by molar-refractivity contribution is 5.69. The van der Waals surface area contributed by atoms with Crippen LogP contribution in [0.3, 0.4) is 0 Å². The lowest BCUT2D eigenvalue weighted by atomic mass is 10.1. The standard InChI is InChI=1S/C9H13N3O3/c1-6(9(14)15)2-3-10-7-8(13)12-5-4-11-7/h4-6H,2-3H2,1H3,(H,10,11)(H,12,13)(H,14,15). The molecule has 3 N–H and O–H groups in total. The number of aromatic amines is 1. The average molecular weight is 211 g/mol. The molecule has 0 amide bonds. The first-order valence-corrected chi connectivity index (χ1v) is 4.61. The second kappa shape index (κ2) is 5.14. The van der Waals surface area contributed by atoms with E-state index in [1.54, 1.807) is 6.92 Å². The van der Waals surface area contributed by atoms with E-state index in [2.05, 4.69) is 15.3 Å². The molecule has 0 aliphatic carbocycles. The Morgan fingerprint density at radius 2 is 2.47 bits per heavy atom. The maximum absolute atomic E-state index is 11.1. The van der Waals surface area contributed by atoms with Gasteiger partial charge in [0.2, 0.25) is 0 Å². The van der Waals surface area contributed by atoms with Crippen molar-refractivity contribution in [1.82, 2.24) is 9.97 Å². The van der Waals surface area contributed by atoms with Gasteiger partial charge in [0.15, 0.2) is 5.82 Å². The number of carboxylic acid groups (broad SMARTS) is 1. The molecule has 0 aromatic carbocycles. The fourth-order valence-corrected chi connectivity index (χ4v) is 1.01. The molecule has 6 heteroatoms. The molecular formula is C9H13N3O3. The Balaban J connectivity index is 2.42. The van der Waals surface area contributed by atoms with Gasteiger partial charge in [0.05, 0.1) is 5.92 Å². The second-order valence-corrected chi connectivity index (χ2v) is 3.22. The normalized spacial score (nSPS) is 12.1. The Hall–Kier alpha value is -1.85. The van der Waals surface area contributed by atoms with Crippen molar-refractivity contribution < 1.29 is 9.90 Å². The number of anilines is 1. The lowest BCUT2D eigenvalue weighted by Gasteiger charge is -2.06. The molecule has 1 unspecified atom stereocenters. The number of carbonyl (C=O) groups is 1. The van der Waals surface area contributed by atoms with Crippen molar-refractivity contribution >= 4 is 11.8 Å². The van der Waals surface area contributed by atoms with Crippen LogP contribution >= 0.6 is 0 Å². The highest BCUT2D eigenvalue weighted by Gasteiger charge is 2.10. The molecule has 0 bridgehead atoms. The minimum Gasteiger partial charge on any atom is -0.481 e. The summed E-state index contributed by atoms with van der Waals surface area (Å²) >= 11 is 0. The Morgan fingerprint density at radius 3 is 3.07 bits per heavy atom. The highest BCUT2D eigenvalue weighted by Crippen LogP contribution is 2.01. The number of H-pyrrole nitrogens is 1. The van der Waals surface area contributed by atoms with E-state index in [0.717, 1.165) is 0 Å². The minimum atomic E-state index is -0.841. The molecule has 1 heterocycles. The SMILES string of the molecule is CC(CCNc1ncc[nH]c1=O)C(=O)O. The van der Waals surface area contributed by atoms with Gasteiger partial charge in [-0.05, 0) is 6.42 Å². The Labute approximate surface area is 86.4 Å². The molecular weight excluding hydrogens is 198 g/mol. The second-order valence-electron chi connectivity index (χ2n) is 3.22. The van der Waals surface area contributed by atoms with Crippen molar-refractivity contribution in [3.63, 3.8) is 0 Å². The van der Waals surface area contributed by atoms with Gasteiger partial charge in [-0.15, -0.1) is 0 Å². The monoisotopic (exact) mass is 211 g/mol. The number of nitrogens with one attached hydrogen (secondary N) is 2. The Bertz CT molecular complexity index is 388. The van der Waals surface area contributed by atoms with Crippen molar-refractivity contribution in [3.05, 3.63) is 22.7 Å². The first-order chi connectivity index (χ1) is 7.11. The lowest BCUT2D eigenvalue weighted by Crippen LogP contribution is -2.19. The fourth-order valence-electron chi connectivity index (χ4n) is 1.01. The molecule has 1 rings (SSSR count). The zero-order valence-electron chi connectivity index (χ0n) is 8.36. The third-order valence-electron chi connectivity index (χ3n) is 2.00. The fraction of sp³-hybridized carbons (Fsp3) is 0.444. The van der Waals surface area contributed by atoms with Gasteiger partial charge in [0.25, 0.3) is 5.56 Å². The zero-order chi connectivity index (χ0) is 11.3. The van der Waals surface area contributed by atoms with Crippen molar-refractivity contribution in [2.75, 3.05) is 11.9 Å². The van der Waals surface area contributed by atoms with Crippen molar-refractivity contribution in [1.29, 1.82) is 0 Å². The first-order valence-electron chi connectivity index (χ1n) is 4.61. The predicted molar refractivity (Wildman–Crippen MR) is 54.8 cm³/mol. The van der Waals surface area contributed by atoms with Gasteiger partial charge in [-0.25, -0.2) is 4.98 Å². The van der Waals surface area contributed by atoms with E-state index in [1.165, 1.54) is 12.4 Å². The van der Waals surface area contributed by atoms with E-state index in [1.807, 2.05) is 0 Å². The van der Waals surface area contributed by atoms with Crippen molar-refractivity contribution in [3.8, 4) is 0 Å². The number of nitrogens with zero attached hydrogens (tertiary/aromatic N) is 1. The van der Waals surface area contributed by atoms with Crippen LogP contribution in [0.2, 0.25) is 0 Å². The largest absolute Gasteiger partial charge is 0.481 e. The third kappa shape index (κ3) is 3.41. The molecule has 0 radical (unpaired) electrons. The summed E-state index contributed by atoms with van der Waals surface area (Å²) in [7, 11) is 0. The van der Waals surface area contributed by atoms with Gasteiger partial charge in [0.1, 0.15) is 0 Å². The molecule has 0 fully saturated rings. The summed E-state index contributed by atoms with van der Waals surface area (Å²) in [5.74, 6) is -1.05. The molecule has 6 nitrogen and oxygen atoms in total. The molecule has 1 aromatic heterocycles. The van der Waals surface area contributed by atoms with Crippen LogP contribution in [0.4, 0.5) is 5.82 Å². The molecule has 0 saturated heterocycles. The lowest BCUT2D eigenvalue weighted by molar-refractivity contribution is -0.141. The van der Waals surface area contributed by atoms with Crippen LogP contribution in [0.5, 0.6) is 0 Å². The molecule has 15 heavy (non-hydrogen) atoms. The molecule has 0 aliphatic rings. The Kier molecular flexibility index (Phi) is 3.84. The van der Waals surface area contributed by atoms with Crippen LogP contribution in [0.25, 0.3) is 0 Å². The van der Waals surface area contributed by atoms with Crippen LogP contribution in [0.15, 0.2) is 17.2 Å². The molecule has 1 aromatic rings. The van der Waals surface area contributed by atoms with E-state index in [9.17, 15) is 9.59 Å². The molecule has 82 valence electrons. The molecule has 1 atom stereocenters. The van der Waals surface area contributed by atoms with Crippen LogP contribution < -0.4 is 10.9 Å². The third-order valence-corrected chi connectivity index (χ3v) is 2.00. The summed E-state index contributed by atoms with van der Waals surface area (Å²) in [5, 5.41) is 11.4. The summed E-state index contributed by atoms with van der Waals surface area (Å²) in [6.07, 6.45) is 3.35. The van der Waals surface area contributed by atoms with E-state index >= 15 is 0 Å². The van der Waals surface area contributed by atoms with Crippen LogP contribution in [0, 0.1) is 5.92 Å². The number of hydrogen-bond acceptors (Lipinski definition) is 4. The van der Waals surface area contributed by atoms with Gasteiger partial charge in [-0.1, -0.05) is 6.92 Å². The number of rotatable bonds is 5. The summed E-state index contributed by atoms with van der Waals surface area (Å²) in [5.41, 5.74) is -0.305. The van der Waals surface area contributed by atoms with Crippen LogP contribution in [-0.4, -0.2) is 27.6 Å². The Morgan fingerprint density at radius 1 is 1.73 bits per heavy atom. The summed E-state index contributed by atoms with van der Waals surface area (Å²) in [6.45, 7) is 2.03. The number of aliphatic carboxylic acids is 1. The molecule has 0 aliphatic heterocycles. The van der Waals surface area contributed by atoms with Gasteiger partial charge >= 0.3 is 5.97 Å². The summed E-state index contributed by atoms with van der Waals surface area (Å²) in [4.78, 5) is 27.9. The number of carboxylic acids is 1. The summed E-state index contributed by atoms with van der Waals surface area (Å²) < 4.78 is 0. The average Bonchev–Trinajstić information content (AvgIpc) is 2.20. The first kappa shape index (κ1) is 11.2.